The smallest absolute Gasteiger partial charge is 0.226 e. The van der Waals surface area contributed by atoms with E-state index in [4.69, 9.17) is 17.3 Å². The van der Waals surface area contributed by atoms with Crippen molar-refractivity contribution in [2.75, 3.05) is 11.9 Å². The quantitative estimate of drug-likeness (QED) is 0.723. The maximum absolute atomic E-state index is 12.3. The molecule has 0 spiro atoms. The minimum absolute atomic E-state index is 0. The molecule has 1 fully saturated rings. The number of carbonyl (C=O) groups excluding carboxylic acids is 2. The maximum atomic E-state index is 12.3. The topological polar surface area (TPSA) is 84.2 Å². The molecule has 5 nitrogen and oxygen atoms in total. The summed E-state index contributed by atoms with van der Waals surface area (Å²) in [5.41, 5.74) is 7.31. The van der Waals surface area contributed by atoms with Gasteiger partial charge in [0.1, 0.15) is 0 Å². The molecule has 0 aliphatic heterocycles. The molecule has 0 radical (unpaired) electrons. The van der Waals surface area contributed by atoms with Crippen LogP contribution in [0.5, 0.6) is 0 Å². The fourth-order valence-corrected chi connectivity index (χ4v) is 3.34. The van der Waals surface area contributed by atoms with Crippen molar-refractivity contribution in [2.45, 2.75) is 51.5 Å². The number of halogens is 2. The number of rotatable bonds is 5. The van der Waals surface area contributed by atoms with E-state index in [0.717, 1.165) is 31.2 Å². The van der Waals surface area contributed by atoms with Crippen molar-refractivity contribution in [1.82, 2.24) is 5.32 Å². The van der Waals surface area contributed by atoms with Gasteiger partial charge in [0, 0.05) is 29.2 Å². The van der Waals surface area contributed by atoms with E-state index in [0.29, 0.717) is 17.3 Å². The molecule has 1 aliphatic carbocycles. The van der Waals surface area contributed by atoms with Crippen LogP contribution in [0, 0.1) is 12.8 Å². The molecule has 1 saturated carbocycles. The highest BCUT2D eigenvalue weighted by Crippen LogP contribution is 2.31. The van der Waals surface area contributed by atoms with Gasteiger partial charge in [0.2, 0.25) is 11.8 Å². The second-order valence-electron chi connectivity index (χ2n) is 6.81. The summed E-state index contributed by atoms with van der Waals surface area (Å²) < 4.78 is 0. The largest absolute Gasteiger partial charge is 0.355 e. The van der Waals surface area contributed by atoms with Gasteiger partial charge in [-0.15, -0.1) is 12.4 Å². The predicted molar refractivity (Wildman–Crippen MR) is 104 cm³/mol. The normalized spacial score (nSPS) is 22.6. The Balaban J connectivity index is 0.00000312. The lowest BCUT2D eigenvalue weighted by atomic mass is 9.74. The van der Waals surface area contributed by atoms with Crippen LogP contribution in [0.25, 0.3) is 0 Å². The summed E-state index contributed by atoms with van der Waals surface area (Å²) in [4.78, 5) is 24.3. The van der Waals surface area contributed by atoms with Crippen LogP contribution >= 0.6 is 24.0 Å². The first-order valence-corrected chi connectivity index (χ1v) is 8.80. The summed E-state index contributed by atoms with van der Waals surface area (Å²) in [6, 6.07) is 5.37. The zero-order chi connectivity index (χ0) is 17.7. The van der Waals surface area contributed by atoms with Crippen LogP contribution in [0.1, 0.15) is 44.6 Å². The summed E-state index contributed by atoms with van der Waals surface area (Å²) in [6.45, 7) is 4.09. The lowest BCUT2D eigenvalue weighted by Gasteiger charge is -2.37. The molecule has 25 heavy (non-hydrogen) atoms. The average Bonchev–Trinajstić information content (AvgIpc) is 2.51. The van der Waals surface area contributed by atoms with Gasteiger partial charge in [0.25, 0.3) is 0 Å². The first kappa shape index (κ1) is 21.7. The molecule has 2 rings (SSSR count). The highest BCUT2D eigenvalue weighted by molar-refractivity contribution is 6.31. The van der Waals surface area contributed by atoms with Crippen molar-refractivity contribution in [3.63, 3.8) is 0 Å². The molecule has 1 aliphatic rings. The Hall–Kier alpha value is -1.30. The molecule has 140 valence electrons. The Kier molecular flexibility index (Phi) is 8.19. The van der Waals surface area contributed by atoms with Gasteiger partial charge in [0.15, 0.2) is 0 Å². The van der Waals surface area contributed by atoms with Crippen LogP contribution in [0.2, 0.25) is 5.02 Å². The van der Waals surface area contributed by atoms with E-state index in [1.165, 1.54) is 0 Å². The number of nitrogens with two attached hydrogens (primary N) is 1. The van der Waals surface area contributed by atoms with E-state index in [1.54, 1.807) is 18.2 Å². The number of carbonyl (C=O) groups is 2. The van der Waals surface area contributed by atoms with E-state index >= 15 is 0 Å². The third-order valence-corrected chi connectivity index (χ3v) is 5.17. The Morgan fingerprint density at radius 3 is 2.76 bits per heavy atom. The van der Waals surface area contributed by atoms with E-state index in [1.807, 2.05) is 13.8 Å². The highest BCUT2D eigenvalue weighted by Gasteiger charge is 2.37. The Morgan fingerprint density at radius 1 is 1.36 bits per heavy atom. The van der Waals surface area contributed by atoms with Crippen LogP contribution < -0.4 is 16.4 Å². The van der Waals surface area contributed by atoms with Crippen LogP contribution in [0.15, 0.2) is 18.2 Å². The predicted octanol–water partition coefficient (Wildman–Crippen LogP) is 3.42. The van der Waals surface area contributed by atoms with Crippen molar-refractivity contribution in [2.24, 2.45) is 11.7 Å². The lowest BCUT2D eigenvalue weighted by molar-refractivity contribution is -0.128. The zero-order valence-corrected chi connectivity index (χ0v) is 16.3. The SMILES string of the molecule is Cc1c(Cl)cccc1NC(=O)CCNC(=O)C1CCCCC1(C)N.Cl. The van der Waals surface area contributed by atoms with Crippen LogP contribution in [-0.2, 0) is 9.59 Å². The monoisotopic (exact) mass is 387 g/mol. The van der Waals surface area contributed by atoms with Crippen LogP contribution in [0.4, 0.5) is 5.69 Å². The molecule has 0 saturated heterocycles. The third kappa shape index (κ3) is 5.87. The highest BCUT2D eigenvalue weighted by atomic mass is 35.5. The second kappa shape index (κ2) is 9.41. The Labute approximate surface area is 160 Å². The number of hydrogen-bond acceptors (Lipinski definition) is 3. The second-order valence-corrected chi connectivity index (χ2v) is 7.21. The number of amides is 2. The van der Waals surface area contributed by atoms with E-state index in [-0.39, 0.29) is 36.6 Å². The van der Waals surface area contributed by atoms with Crippen molar-refractivity contribution >= 4 is 41.5 Å². The fraction of sp³-hybridized carbons (Fsp3) is 0.556. The number of benzene rings is 1. The summed E-state index contributed by atoms with van der Waals surface area (Å²) in [7, 11) is 0. The molecule has 4 N–H and O–H groups in total. The van der Waals surface area contributed by atoms with Gasteiger partial charge in [0.05, 0.1) is 5.92 Å². The molecule has 0 heterocycles. The van der Waals surface area contributed by atoms with Gasteiger partial charge < -0.3 is 16.4 Å². The molecule has 0 bridgehead atoms. The van der Waals surface area contributed by atoms with E-state index < -0.39 is 5.54 Å². The standard InChI is InChI=1S/C18H26ClN3O2.ClH/c1-12-14(19)7-5-8-15(12)22-16(23)9-11-21-17(24)13-6-3-4-10-18(13,2)20;/h5,7-8,13H,3-4,6,9-11,20H2,1-2H3,(H,21,24)(H,22,23);1H. The van der Waals surface area contributed by atoms with Gasteiger partial charge >= 0.3 is 0 Å². The van der Waals surface area contributed by atoms with Crippen LogP contribution in [0.3, 0.4) is 0 Å². The molecule has 2 atom stereocenters. The van der Waals surface area contributed by atoms with Crippen molar-refractivity contribution in [3.8, 4) is 0 Å². The molecule has 7 heteroatoms. The van der Waals surface area contributed by atoms with E-state index in [2.05, 4.69) is 10.6 Å². The first-order valence-electron chi connectivity index (χ1n) is 8.43. The summed E-state index contributed by atoms with van der Waals surface area (Å²) in [5, 5.41) is 6.28. The van der Waals surface area contributed by atoms with E-state index in [9.17, 15) is 9.59 Å². The Bertz CT molecular complexity index is 620. The molecule has 2 unspecified atom stereocenters. The molecular weight excluding hydrogens is 361 g/mol. The molecule has 1 aromatic carbocycles. The minimum atomic E-state index is -0.456. The summed E-state index contributed by atoms with van der Waals surface area (Å²) in [5.74, 6) is -0.379. The van der Waals surface area contributed by atoms with Crippen LogP contribution in [-0.4, -0.2) is 23.9 Å². The summed E-state index contributed by atoms with van der Waals surface area (Å²) in [6.07, 6.45) is 3.98. The van der Waals surface area contributed by atoms with Gasteiger partial charge in [-0.1, -0.05) is 30.5 Å². The number of hydrogen-bond donors (Lipinski definition) is 3. The fourth-order valence-electron chi connectivity index (χ4n) is 3.17. The average molecular weight is 388 g/mol. The summed E-state index contributed by atoms with van der Waals surface area (Å²) >= 11 is 6.04. The third-order valence-electron chi connectivity index (χ3n) is 4.76. The molecule has 2 amide bonds. The van der Waals surface area contributed by atoms with Gasteiger partial charge in [-0.05, 0) is 44.4 Å². The van der Waals surface area contributed by atoms with Crippen molar-refractivity contribution < 1.29 is 9.59 Å². The first-order chi connectivity index (χ1) is 11.3. The zero-order valence-electron chi connectivity index (χ0n) is 14.7. The lowest BCUT2D eigenvalue weighted by Crippen LogP contribution is -2.53. The molecular formula is C18H27Cl2N3O2. The molecule has 0 aromatic heterocycles. The van der Waals surface area contributed by atoms with Gasteiger partial charge in [-0.25, -0.2) is 0 Å². The maximum Gasteiger partial charge on any atom is 0.226 e. The molecule has 1 aromatic rings. The van der Waals surface area contributed by atoms with Crippen molar-refractivity contribution in [3.05, 3.63) is 28.8 Å². The number of nitrogens with one attached hydrogen (secondary N) is 2. The minimum Gasteiger partial charge on any atom is -0.355 e. The van der Waals surface area contributed by atoms with Gasteiger partial charge in [-0.2, -0.15) is 0 Å². The number of anilines is 1. The Morgan fingerprint density at radius 2 is 2.08 bits per heavy atom. The van der Waals surface area contributed by atoms with Gasteiger partial charge in [-0.3, -0.25) is 9.59 Å². The van der Waals surface area contributed by atoms with Crippen molar-refractivity contribution in [1.29, 1.82) is 0 Å².